The van der Waals surface area contributed by atoms with Gasteiger partial charge in [0.1, 0.15) is 11.4 Å². The van der Waals surface area contributed by atoms with Crippen LogP contribution in [0.25, 0.3) is 0 Å². The summed E-state index contributed by atoms with van der Waals surface area (Å²) in [5.41, 5.74) is -0.200. The summed E-state index contributed by atoms with van der Waals surface area (Å²) >= 11 is 6.12. The zero-order valence-corrected chi connectivity index (χ0v) is 13.9. The topological polar surface area (TPSA) is 47.6 Å². The van der Waals surface area contributed by atoms with E-state index in [0.717, 1.165) is 6.42 Å². The van der Waals surface area contributed by atoms with Gasteiger partial charge in [0.25, 0.3) is 5.91 Å². The van der Waals surface area contributed by atoms with Crippen LogP contribution in [0.5, 0.6) is 5.75 Å². The molecule has 0 unspecified atom stereocenters. The van der Waals surface area contributed by atoms with Crippen LogP contribution in [0.4, 0.5) is 5.69 Å². The lowest BCUT2D eigenvalue weighted by Crippen LogP contribution is -2.42. The highest BCUT2D eigenvalue weighted by atomic mass is 35.5. The summed E-state index contributed by atoms with van der Waals surface area (Å²) in [6.07, 6.45) is 1.47. The van der Waals surface area contributed by atoms with Gasteiger partial charge in [0.2, 0.25) is 0 Å². The molecule has 0 heterocycles. The van der Waals surface area contributed by atoms with Crippen molar-refractivity contribution in [3.63, 3.8) is 0 Å². The SMILES string of the molecule is CCCO[C@@](C)(CC)C(=O)Nc1ccc(OCC)c(Cl)c1. The van der Waals surface area contributed by atoms with Crippen molar-refractivity contribution in [3.05, 3.63) is 23.2 Å². The minimum atomic E-state index is -0.832. The molecule has 1 rings (SSSR count). The first kappa shape index (κ1) is 17.8. The van der Waals surface area contributed by atoms with Gasteiger partial charge in [0.15, 0.2) is 0 Å². The molecule has 1 N–H and O–H groups in total. The minimum absolute atomic E-state index is 0.168. The van der Waals surface area contributed by atoms with E-state index in [9.17, 15) is 4.79 Å². The van der Waals surface area contributed by atoms with Gasteiger partial charge in [0, 0.05) is 12.3 Å². The van der Waals surface area contributed by atoms with E-state index in [1.807, 2.05) is 20.8 Å². The monoisotopic (exact) mass is 313 g/mol. The van der Waals surface area contributed by atoms with Gasteiger partial charge in [-0.05, 0) is 44.9 Å². The molecule has 0 saturated carbocycles. The molecular formula is C16H24ClNO3. The fourth-order valence-corrected chi connectivity index (χ4v) is 2.01. The Balaban J connectivity index is 2.79. The van der Waals surface area contributed by atoms with Crippen LogP contribution >= 0.6 is 11.6 Å². The van der Waals surface area contributed by atoms with Crippen LogP contribution in [0.1, 0.15) is 40.5 Å². The lowest BCUT2D eigenvalue weighted by atomic mass is 10.0. The normalized spacial score (nSPS) is 13.6. The van der Waals surface area contributed by atoms with Crippen LogP contribution in [0, 0.1) is 0 Å². The molecule has 5 heteroatoms. The summed E-state index contributed by atoms with van der Waals surface area (Å²) in [6, 6.07) is 5.20. The molecule has 1 amide bonds. The summed E-state index contributed by atoms with van der Waals surface area (Å²) in [6.45, 7) is 8.74. The number of rotatable bonds is 8. The van der Waals surface area contributed by atoms with Gasteiger partial charge in [-0.15, -0.1) is 0 Å². The third kappa shape index (κ3) is 4.90. The van der Waals surface area contributed by atoms with E-state index < -0.39 is 5.60 Å². The quantitative estimate of drug-likeness (QED) is 0.779. The van der Waals surface area contributed by atoms with E-state index in [1.165, 1.54) is 0 Å². The molecule has 0 fully saturated rings. The summed E-state index contributed by atoms with van der Waals surface area (Å²) in [5.74, 6) is 0.441. The number of ether oxygens (including phenoxy) is 2. The Hall–Kier alpha value is -1.26. The van der Waals surface area contributed by atoms with E-state index in [4.69, 9.17) is 21.1 Å². The lowest BCUT2D eigenvalue weighted by Gasteiger charge is -2.27. The number of halogens is 1. The Bertz CT molecular complexity index is 479. The molecule has 1 atom stereocenters. The molecule has 1 aromatic rings. The number of carbonyl (C=O) groups excluding carboxylic acids is 1. The van der Waals surface area contributed by atoms with Crippen LogP contribution < -0.4 is 10.1 Å². The maximum absolute atomic E-state index is 12.4. The van der Waals surface area contributed by atoms with Gasteiger partial charge in [-0.2, -0.15) is 0 Å². The Morgan fingerprint density at radius 3 is 2.57 bits per heavy atom. The highest BCUT2D eigenvalue weighted by Gasteiger charge is 2.32. The fourth-order valence-electron chi connectivity index (χ4n) is 1.77. The van der Waals surface area contributed by atoms with Crippen molar-refractivity contribution in [3.8, 4) is 5.75 Å². The first-order valence-electron chi connectivity index (χ1n) is 7.34. The molecule has 0 bridgehead atoms. The molecule has 21 heavy (non-hydrogen) atoms. The Kier molecular flexibility index (Phi) is 6.99. The third-order valence-corrected chi connectivity index (χ3v) is 3.56. The predicted octanol–water partition coefficient (Wildman–Crippen LogP) is 4.27. The predicted molar refractivity (Wildman–Crippen MR) is 86.2 cm³/mol. The van der Waals surface area contributed by atoms with E-state index in [2.05, 4.69) is 5.32 Å². The van der Waals surface area contributed by atoms with Crippen molar-refractivity contribution in [2.24, 2.45) is 0 Å². The van der Waals surface area contributed by atoms with Gasteiger partial charge in [0.05, 0.1) is 11.6 Å². The molecule has 0 saturated heterocycles. The van der Waals surface area contributed by atoms with Gasteiger partial charge >= 0.3 is 0 Å². The number of benzene rings is 1. The van der Waals surface area contributed by atoms with Crippen molar-refractivity contribution in [2.45, 2.75) is 46.1 Å². The van der Waals surface area contributed by atoms with E-state index in [1.54, 1.807) is 25.1 Å². The Morgan fingerprint density at radius 1 is 1.33 bits per heavy atom. The molecule has 0 aliphatic heterocycles. The second-order valence-electron chi connectivity index (χ2n) is 4.97. The Morgan fingerprint density at radius 2 is 2.05 bits per heavy atom. The fraction of sp³-hybridized carbons (Fsp3) is 0.562. The van der Waals surface area contributed by atoms with Crippen LogP contribution in [0.2, 0.25) is 5.02 Å². The van der Waals surface area contributed by atoms with Crippen molar-refractivity contribution in [1.82, 2.24) is 0 Å². The van der Waals surface area contributed by atoms with Crippen molar-refractivity contribution < 1.29 is 14.3 Å². The standard InChI is InChI=1S/C16H24ClNO3/c1-5-10-21-16(4,6-2)15(19)18-12-8-9-14(20-7-3)13(17)11-12/h8-9,11H,5-7,10H2,1-4H3,(H,18,19)/t16-/m0/s1. The molecule has 0 spiro atoms. The van der Waals surface area contributed by atoms with Crippen LogP contribution in [-0.2, 0) is 9.53 Å². The van der Waals surface area contributed by atoms with Crippen LogP contribution in [-0.4, -0.2) is 24.7 Å². The number of hydrogen-bond donors (Lipinski definition) is 1. The molecule has 0 aliphatic rings. The molecule has 0 aromatic heterocycles. The zero-order chi connectivity index (χ0) is 15.9. The molecule has 0 aliphatic carbocycles. The number of hydrogen-bond acceptors (Lipinski definition) is 3. The van der Waals surface area contributed by atoms with Gasteiger partial charge in [-0.3, -0.25) is 4.79 Å². The van der Waals surface area contributed by atoms with E-state index >= 15 is 0 Å². The average Bonchev–Trinajstić information content (AvgIpc) is 2.47. The van der Waals surface area contributed by atoms with Crippen LogP contribution in [0.15, 0.2) is 18.2 Å². The Labute approximate surface area is 131 Å². The second kappa shape index (κ2) is 8.25. The third-order valence-electron chi connectivity index (χ3n) is 3.27. The molecule has 1 aromatic carbocycles. The highest BCUT2D eigenvalue weighted by molar-refractivity contribution is 6.32. The van der Waals surface area contributed by atoms with Crippen molar-refractivity contribution in [2.75, 3.05) is 18.5 Å². The molecule has 4 nitrogen and oxygen atoms in total. The lowest BCUT2D eigenvalue weighted by molar-refractivity contribution is -0.139. The van der Waals surface area contributed by atoms with Gasteiger partial charge in [-0.25, -0.2) is 0 Å². The first-order valence-corrected chi connectivity index (χ1v) is 7.72. The average molecular weight is 314 g/mol. The minimum Gasteiger partial charge on any atom is -0.492 e. The summed E-state index contributed by atoms with van der Waals surface area (Å²) in [4.78, 5) is 12.4. The highest BCUT2D eigenvalue weighted by Crippen LogP contribution is 2.28. The number of nitrogens with one attached hydrogen (secondary N) is 1. The first-order chi connectivity index (χ1) is 9.96. The molecular weight excluding hydrogens is 290 g/mol. The summed E-state index contributed by atoms with van der Waals surface area (Å²) in [5, 5.41) is 3.32. The van der Waals surface area contributed by atoms with Crippen molar-refractivity contribution in [1.29, 1.82) is 0 Å². The number of anilines is 1. The molecule has 0 radical (unpaired) electrons. The summed E-state index contributed by atoms with van der Waals surface area (Å²) < 4.78 is 11.1. The number of amides is 1. The van der Waals surface area contributed by atoms with Gasteiger partial charge < -0.3 is 14.8 Å². The molecule has 118 valence electrons. The van der Waals surface area contributed by atoms with Gasteiger partial charge in [-0.1, -0.05) is 25.4 Å². The maximum atomic E-state index is 12.4. The maximum Gasteiger partial charge on any atom is 0.256 e. The van der Waals surface area contributed by atoms with E-state index in [-0.39, 0.29) is 5.91 Å². The number of carbonyl (C=O) groups is 1. The van der Waals surface area contributed by atoms with Crippen molar-refractivity contribution >= 4 is 23.2 Å². The smallest absolute Gasteiger partial charge is 0.256 e. The zero-order valence-electron chi connectivity index (χ0n) is 13.2. The summed E-state index contributed by atoms with van der Waals surface area (Å²) in [7, 11) is 0. The second-order valence-corrected chi connectivity index (χ2v) is 5.37. The largest absolute Gasteiger partial charge is 0.492 e. The van der Waals surface area contributed by atoms with Crippen LogP contribution in [0.3, 0.4) is 0 Å². The van der Waals surface area contributed by atoms with E-state index in [0.29, 0.717) is 36.1 Å².